The molecule has 0 saturated carbocycles. The third-order valence-electron chi connectivity index (χ3n) is 4.42. The molecular weight excluding hydrogens is 342 g/mol. The third-order valence-corrected chi connectivity index (χ3v) is 4.42. The summed E-state index contributed by atoms with van der Waals surface area (Å²) in [6.07, 6.45) is 2.46. The number of hydrogen-bond acceptors (Lipinski definition) is 5. The van der Waals surface area contributed by atoms with Gasteiger partial charge in [-0.3, -0.25) is 4.99 Å². The van der Waals surface area contributed by atoms with E-state index in [4.69, 9.17) is 14.3 Å². The number of para-hydroxylation sites is 1. The molecule has 0 amide bonds. The smallest absolute Gasteiger partial charge is 0.226 e. The van der Waals surface area contributed by atoms with Crippen molar-refractivity contribution in [3.63, 3.8) is 0 Å². The van der Waals surface area contributed by atoms with Gasteiger partial charge in [-0.25, -0.2) is 0 Å². The topological polar surface area (TPSA) is 84.6 Å². The maximum absolute atomic E-state index is 6.12. The van der Waals surface area contributed by atoms with Crippen LogP contribution in [0.25, 0.3) is 0 Å². The Labute approximate surface area is 160 Å². The number of guanidine groups is 1. The minimum absolute atomic E-state index is 0.154. The van der Waals surface area contributed by atoms with Crippen molar-refractivity contribution in [1.29, 1.82) is 0 Å². The van der Waals surface area contributed by atoms with E-state index in [1.165, 1.54) is 5.56 Å². The number of nitrogens with zero attached hydrogens (tertiary/aromatic N) is 3. The van der Waals surface area contributed by atoms with E-state index in [-0.39, 0.29) is 11.6 Å². The van der Waals surface area contributed by atoms with Crippen molar-refractivity contribution in [2.45, 2.75) is 58.6 Å². The molecule has 0 aliphatic carbocycles. The number of nitrogens with one attached hydrogen (secondary N) is 2. The number of ether oxygens (including phenoxy) is 1. The molecule has 2 heterocycles. The van der Waals surface area contributed by atoms with Crippen LogP contribution in [-0.2, 0) is 6.42 Å². The third kappa shape index (κ3) is 5.21. The highest BCUT2D eigenvalue weighted by atomic mass is 16.5. The van der Waals surface area contributed by atoms with E-state index in [9.17, 15) is 0 Å². The van der Waals surface area contributed by atoms with Gasteiger partial charge >= 0.3 is 0 Å². The van der Waals surface area contributed by atoms with Crippen LogP contribution >= 0.6 is 0 Å². The fraction of sp³-hybridized carbons (Fsp3) is 0.550. The number of aromatic nitrogens is 2. The number of hydrogen-bond donors (Lipinski definition) is 2. The van der Waals surface area contributed by atoms with Gasteiger partial charge in [0.1, 0.15) is 11.4 Å². The summed E-state index contributed by atoms with van der Waals surface area (Å²) in [6.45, 7) is 9.63. The lowest BCUT2D eigenvalue weighted by molar-refractivity contribution is 0.0694. The highest BCUT2D eigenvalue weighted by Gasteiger charge is 2.33. The summed E-state index contributed by atoms with van der Waals surface area (Å²) in [6, 6.07) is 8.35. The van der Waals surface area contributed by atoms with Crippen LogP contribution in [-0.4, -0.2) is 34.8 Å². The lowest BCUT2D eigenvalue weighted by Gasteiger charge is -2.38. The molecule has 1 aromatic carbocycles. The maximum Gasteiger partial charge on any atom is 0.226 e. The molecular formula is C20H29N5O2. The molecule has 0 spiro atoms. The number of rotatable bonds is 6. The highest BCUT2D eigenvalue weighted by Crippen LogP contribution is 2.39. The van der Waals surface area contributed by atoms with Gasteiger partial charge in [-0.15, -0.1) is 0 Å². The molecule has 3 rings (SSSR count). The molecule has 0 radical (unpaired) electrons. The Morgan fingerprint density at radius 3 is 2.89 bits per heavy atom. The Hall–Kier alpha value is -2.57. The van der Waals surface area contributed by atoms with Crippen LogP contribution in [0.2, 0.25) is 0 Å². The molecule has 1 unspecified atom stereocenters. The van der Waals surface area contributed by atoms with Crippen LogP contribution in [0, 0.1) is 6.92 Å². The zero-order valence-corrected chi connectivity index (χ0v) is 16.6. The average Bonchev–Trinajstić information content (AvgIpc) is 3.03. The first-order valence-electron chi connectivity index (χ1n) is 9.59. The van der Waals surface area contributed by atoms with E-state index in [0.29, 0.717) is 18.3 Å². The van der Waals surface area contributed by atoms with E-state index in [1.807, 2.05) is 25.1 Å². The zero-order chi connectivity index (χ0) is 19.3. The van der Waals surface area contributed by atoms with Crippen LogP contribution in [0.4, 0.5) is 0 Å². The van der Waals surface area contributed by atoms with E-state index < -0.39 is 0 Å². The Morgan fingerprint density at radius 2 is 2.15 bits per heavy atom. The standard InChI is InChI=1S/C20H29N5O2/c1-5-21-19(22-12-8-11-18-23-14(2)25-27-18)24-16-13-20(3,4)26-17-10-7-6-9-15(16)17/h6-7,9-10,16H,5,8,11-13H2,1-4H3,(H2,21,22,24). The molecule has 0 bridgehead atoms. The average molecular weight is 371 g/mol. The Kier molecular flexibility index (Phi) is 5.98. The van der Waals surface area contributed by atoms with Gasteiger partial charge in [-0.1, -0.05) is 23.4 Å². The molecule has 27 heavy (non-hydrogen) atoms. The molecule has 2 aromatic rings. The molecule has 7 heteroatoms. The summed E-state index contributed by atoms with van der Waals surface area (Å²) >= 11 is 0. The summed E-state index contributed by atoms with van der Waals surface area (Å²) in [7, 11) is 0. The molecule has 1 aliphatic heterocycles. The minimum Gasteiger partial charge on any atom is -0.487 e. The molecule has 2 N–H and O–H groups in total. The summed E-state index contributed by atoms with van der Waals surface area (Å²) < 4.78 is 11.3. The van der Waals surface area contributed by atoms with Gasteiger partial charge in [0.05, 0.1) is 6.04 Å². The molecule has 0 saturated heterocycles. The zero-order valence-electron chi connectivity index (χ0n) is 16.6. The Balaban J connectivity index is 1.64. The summed E-state index contributed by atoms with van der Waals surface area (Å²) in [5, 5.41) is 10.7. The predicted molar refractivity (Wildman–Crippen MR) is 105 cm³/mol. The van der Waals surface area contributed by atoms with Crippen LogP contribution in [0.3, 0.4) is 0 Å². The van der Waals surface area contributed by atoms with Crippen molar-refractivity contribution in [2.24, 2.45) is 4.99 Å². The van der Waals surface area contributed by atoms with Crippen LogP contribution in [0.1, 0.15) is 56.9 Å². The van der Waals surface area contributed by atoms with Gasteiger partial charge in [0, 0.05) is 31.5 Å². The van der Waals surface area contributed by atoms with Gasteiger partial charge < -0.3 is 19.9 Å². The number of benzene rings is 1. The quantitative estimate of drug-likeness (QED) is 0.461. The first-order chi connectivity index (χ1) is 13.0. The molecule has 1 atom stereocenters. The van der Waals surface area contributed by atoms with Crippen LogP contribution in [0.5, 0.6) is 5.75 Å². The molecule has 7 nitrogen and oxygen atoms in total. The van der Waals surface area contributed by atoms with Crippen molar-refractivity contribution in [1.82, 2.24) is 20.8 Å². The van der Waals surface area contributed by atoms with Crippen LogP contribution in [0.15, 0.2) is 33.8 Å². The van der Waals surface area contributed by atoms with Gasteiger partial charge in [-0.2, -0.15) is 4.98 Å². The highest BCUT2D eigenvalue weighted by molar-refractivity contribution is 5.80. The first-order valence-corrected chi connectivity index (χ1v) is 9.59. The normalized spacial score (nSPS) is 18.5. The van der Waals surface area contributed by atoms with Crippen molar-refractivity contribution < 1.29 is 9.26 Å². The van der Waals surface area contributed by atoms with E-state index in [2.05, 4.69) is 47.6 Å². The van der Waals surface area contributed by atoms with Crippen molar-refractivity contribution >= 4 is 5.96 Å². The van der Waals surface area contributed by atoms with E-state index in [1.54, 1.807) is 0 Å². The summed E-state index contributed by atoms with van der Waals surface area (Å²) in [4.78, 5) is 8.94. The van der Waals surface area contributed by atoms with Gasteiger partial charge in [0.2, 0.25) is 5.89 Å². The summed E-state index contributed by atoms with van der Waals surface area (Å²) in [5.74, 6) is 3.09. The molecule has 1 aliphatic rings. The van der Waals surface area contributed by atoms with E-state index >= 15 is 0 Å². The largest absolute Gasteiger partial charge is 0.487 e. The van der Waals surface area contributed by atoms with Crippen molar-refractivity contribution in [3.8, 4) is 5.75 Å². The molecule has 0 fully saturated rings. The number of fused-ring (bicyclic) bond motifs is 1. The first kappa shape index (κ1) is 19.2. The van der Waals surface area contributed by atoms with Gasteiger partial charge in [0.15, 0.2) is 11.8 Å². The molecule has 146 valence electrons. The minimum atomic E-state index is -0.223. The maximum atomic E-state index is 6.12. The molecule has 1 aromatic heterocycles. The van der Waals surface area contributed by atoms with Gasteiger partial charge in [-0.05, 0) is 40.2 Å². The lowest BCUT2D eigenvalue weighted by atomic mass is 9.90. The Morgan fingerprint density at radius 1 is 1.33 bits per heavy atom. The van der Waals surface area contributed by atoms with Gasteiger partial charge in [0.25, 0.3) is 0 Å². The monoisotopic (exact) mass is 371 g/mol. The number of aryl methyl sites for hydroxylation is 2. The van der Waals surface area contributed by atoms with E-state index in [0.717, 1.165) is 37.5 Å². The number of aliphatic imine (C=N–C) groups is 1. The second kappa shape index (κ2) is 8.41. The van der Waals surface area contributed by atoms with Crippen molar-refractivity contribution in [2.75, 3.05) is 13.1 Å². The fourth-order valence-electron chi connectivity index (χ4n) is 3.28. The Bertz CT molecular complexity index is 784. The van der Waals surface area contributed by atoms with Crippen molar-refractivity contribution in [3.05, 3.63) is 41.5 Å². The fourth-order valence-corrected chi connectivity index (χ4v) is 3.28. The lowest BCUT2D eigenvalue weighted by Crippen LogP contribution is -2.45. The predicted octanol–water partition coefficient (Wildman–Crippen LogP) is 3.17. The van der Waals surface area contributed by atoms with Crippen LogP contribution < -0.4 is 15.4 Å². The second-order valence-corrected chi connectivity index (χ2v) is 7.40. The second-order valence-electron chi connectivity index (χ2n) is 7.40. The summed E-state index contributed by atoms with van der Waals surface area (Å²) in [5.41, 5.74) is 0.947. The SMILES string of the molecule is CCNC(=NCCCc1nc(C)no1)NC1CC(C)(C)Oc2ccccc21.